The molecule has 0 amide bonds. The van der Waals surface area contributed by atoms with Crippen LogP contribution in [-0.2, 0) is 12.0 Å². The van der Waals surface area contributed by atoms with E-state index in [9.17, 15) is 0 Å². The molecule has 0 radical (unpaired) electrons. The van der Waals surface area contributed by atoms with Gasteiger partial charge in [0, 0.05) is 24.1 Å². The van der Waals surface area contributed by atoms with Crippen molar-refractivity contribution in [2.45, 2.75) is 32.7 Å². The van der Waals surface area contributed by atoms with E-state index in [1.54, 1.807) is 0 Å². The van der Waals surface area contributed by atoms with Crippen molar-refractivity contribution in [2.75, 3.05) is 6.54 Å². The number of aromatic nitrogens is 2. The van der Waals surface area contributed by atoms with Crippen molar-refractivity contribution in [3.8, 4) is 11.3 Å². The molecule has 1 aliphatic heterocycles. The summed E-state index contributed by atoms with van der Waals surface area (Å²) in [5, 5.41) is 8.17. The van der Waals surface area contributed by atoms with Gasteiger partial charge in [-0.1, -0.05) is 30.3 Å². The fourth-order valence-electron chi connectivity index (χ4n) is 2.61. The summed E-state index contributed by atoms with van der Waals surface area (Å²) in [6.07, 6.45) is 5.15. The zero-order chi connectivity index (χ0) is 14.2. The first-order valence-electron chi connectivity index (χ1n) is 7.15. The second-order valence-corrected chi connectivity index (χ2v) is 6.20. The lowest BCUT2D eigenvalue weighted by Gasteiger charge is -2.23. The molecule has 0 saturated carbocycles. The number of hydrogen-bond donors (Lipinski definition) is 1. The van der Waals surface area contributed by atoms with Crippen LogP contribution in [0, 0.1) is 0 Å². The monoisotopic (exact) mass is 267 g/mol. The lowest BCUT2D eigenvalue weighted by Crippen LogP contribution is -2.24. The van der Waals surface area contributed by atoms with Gasteiger partial charge in [0.15, 0.2) is 0 Å². The standard InChI is InChI=1S/C17H21N3/c1-17(2,3)20-16(13-7-5-4-6-8-13)14-9-11-18-12-10-15(14)19-20/h4-9,11,18H,10,12H2,1-3H3. The normalized spacial score (nSPS) is 14.6. The highest BCUT2D eigenvalue weighted by Crippen LogP contribution is 2.32. The molecule has 0 unspecified atom stereocenters. The van der Waals surface area contributed by atoms with Gasteiger partial charge >= 0.3 is 0 Å². The Labute approximate surface area is 120 Å². The first-order valence-corrected chi connectivity index (χ1v) is 7.15. The summed E-state index contributed by atoms with van der Waals surface area (Å²) in [5.74, 6) is 0. The maximum Gasteiger partial charge on any atom is 0.0764 e. The molecule has 104 valence electrons. The molecule has 3 heteroatoms. The predicted octanol–water partition coefficient (Wildman–Crippen LogP) is 3.42. The van der Waals surface area contributed by atoms with Gasteiger partial charge in [-0.3, -0.25) is 4.68 Å². The van der Waals surface area contributed by atoms with Crippen LogP contribution < -0.4 is 5.32 Å². The van der Waals surface area contributed by atoms with Gasteiger partial charge in [-0.2, -0.15) is 5.10 Å². The van der Waals surface area contributed by atoms with E-state index in [-0.39, 0.29) is 5.54 Å². The Morgan fingerprint density at radius 3 is 2.60 bits per heavy atom. The molecule has 0 spiro atoms. The van der Waals surface area contributed by atoms with Gasteiger partial charge in [0.05, 0.1) is 16.9 Å². The van der Waals surface area contributed by atoms with Gasteiger partial charge < -0.3 is 5.32 Å². The van der Waals surface area contributed by atoms with Gasteiger partial charge in [0.2, 0.25) is 0 Å². The van der Waals surface area contributed by atoms with Gasteiger partial charge in [0.25, 0.3) is 0 Å². The minimum Gasteiger partial charge on any atom is -0.390 e. The third-order valence-electron chi connectivity index (χ3n) is 3.56. The number of nitrogens with one attached hydrogen (secondary N) is 1. The zero-order valence-corrected chi connectivity index (χ0v) is 12.4. The van der Waals surface area contributed by atoms with Gasteiger partial charge in [-0.25, -0.2) is 0 Å². The van der Waals surface area contributed by atoms with Crippen LogP contribution in [0.1, 0.15) is 32.0 Å². The quantitative estimate of drug-likeness (QED) is 0.858. The summed E-state index contributed by atoms with van der Waals surface area (Å²) in [6, 6.07) is 10.5. The molecule has 0 bridgehead atoms. The second-order valence-electron chi connectivity index (χ2n) is 6.20. The summed E-state index contributed by atoms with van der Waals surface area (Å²) < 4.78 is 2.17. The molecule has 0 fully saturated rings. The molecule has 1 aliphatic rings. The van der Waals surface area contributed by atoms with Gasteiger partial charge in [-0.05, 0) is 33.0 Å². The minimum absolute atomic E-state index is 0.0291. The topological polar surface area (TPSA) is 29.9 Å². The number of nitrogens with zero attached hydrogens (tertiary/aromatic N) is 2. The Kier molecular flexibility index (Phi) is 3.13. The molecular weight excluding hydrogens is 246 g/mol. The molecule has 2 aromatic rings. The van der Waals surface area contributed by atoms with E-state index in [0.717, 1.165) is 13.0 Å². The van der Waals surface area contributed by atoms with Crippen LogP contribution in [0.25, 0.3) is 17.3 Å². The Bertz CT molecular complexity index is 630. The van der Waals surface area contributed by atoms with Crippen LogP contribution in [0.3, 0.4) is 0 Å². The van der Waals surface area contributed by atoms with Gasteiger partial charge in [0.1, 0.15) is 0 Å². The van der Waals surface area contributed by atoms with Crippen LogP contribution in [0.2, 0.25) is 0 Å². The zero-order valence-electron chi connectivity index (χ0n) is 12.4. The molecule has 0 saturated heterocycles. The molecule has 1 aromatic carbocycles. The van der Waals surface area contributed by atoms with E-state index in [0.29, 0.717) is 0 Å². The van der Waals surface area contributed by atoms with E-state index in [2.05, 4.69) is 67.2 Å². The van der Waals surface area contributed by atoms with Crippen LogP contribution >= 0.6 is 0 Å². The predicted molar refractivity (Wildman–Crippen MR) is 83.4 cm³/mol. The van der Waals surface area contributed by atoms with Crippen LogP contribution in [0.15, 0.2) is 36.5 Å². The molecule has 0 aliphatic carbocycles. The minimum atomic E-state index is -0.0291. The van der Waals surface area contributed by atoms with Gasteiger partial charge in [-0.15, -0.1) is 0 Å². The Morgan fingerprint density at radius 2 is 1.90 bits per heavy atom. The lowest BCUT2D eigenvalue weighted by molar-refractivity contribution is 0.357. The van der Waals surface area contributed by atoms with E-state index >= 15 is 0 Å². The third kappa shape index (κ3) is 2.24. The maximum absolute atomic E-state index is 4.88. The molecule has 3 rings (SSSR count). The maximum atomic E-state index is 4.88. The van der Waals surface area contributed by atoms with Crippen LogP contribution in [0.4, 0.5) is 0 Å². The highest BCUT2D eigenvalue weighted by Gasteiger charge is 2.25. The summed E-state index contributed by atoms with van der Waals surface area (Å²) in [5.41, 5.74) is 4.84. The molecule has 1 N–H and O–H groups in total. The average Bonchev–Trinajstić information content (AvgIpc) is 2.64. The van der Waals surface area contributed by atoms with E-state index < -0.39 is 0 Å². The second kappa shape index (κ2) is 4.82. The van der Waals surface area contributed by atoms with Crippen molar-refractivity contribution in [2.24, 2.45) is 0 Å². The Balaban J connectivity index is 2.27. The number of rotatable bonds is 1. The smallest absolute Gasteiger partial charge is 0.0764 e. The summed E-state index contributed by atoms with van der Waals surface area (Å²) in [4.78, 5) is 0. The first kappa shape index (κ1) is 13.0. The summed E-state index contributed by atoms with van der Waals surface area (Å²) in [7, 11) is 0. The molecule has 1 aromatic heterocycles. The van der Waals surface area contributed by atoms with Crippen molar-refractivity contribution < 1.29 is 0 Å². The molecule has 0 atom stereocenters. The summed E-state index contributed by atoms with van der Waals surface area (Å²) in [6.45, 7) is 7.55. The van der Waals surface area contributed by atoms with Crippen molar-refractivity contribution in [1.29, 1.82) is 0 Å². The highest BCUT2D eigenvalue weighted by atomic mass is 15.3. The molecule has 20 heavy (non-hydrogen) atoms. The van der Waals surface area contributed by atoms with Crippen LogP contribution in [-0.4, -0.2) is 16.3 Å². The van der Waals surface area contributed by atoms with E-state index in [1.165, 1.54) is 22.5 Å². The van der Waals surface area contributed by atoms with E-state index in [4.69, 9.17) is 5.10 Å². The highest BCUT2D eigenvalue weighted by molar-refractivity contribution is 5.74. The van der Waals surface area contributed by atoms with Crippen molar-refractivity contribution in [3.05, 3.63) is 47.8 Å². The Morgan fingerprint density at radius 1 is 1.15 bits per heavy atom. The summed E-state index contributed by atoms with van der Waals surface area (Å²) >= 11 is 0. The fourth-order valence-corrected chi connectivity index (χ4v) is 2.61. The average molecular weight is 267 g/mol. The van der Waals surface area contributed by atoms with E-state index in [1.807, 2.05) is 6.20 Å². The Hall–Kier alpha value is -2.03. The molecule has 2 heterocycles. The SMILES string of the molecule is CC(C)(C)n1nc2c(c1-c1ccccc1)C=CNCC2. The number of fused-ring (bicyclic) bond motifs is 1. The van der Waals surface area contributed by atoms with Crippen molar-refractivity contribution >= 4 is 6.08 Å². The fraction of sp³-hybridized carbons (Fsp3) is 0.353. The number of hydrogen-bond acceptors (Lipinski definition) is 2. The largest absolute Gasteiger partial charge is 0.390 e. The number of benzene rings is 1. The molecule has 3 nitrogen and oxygen atoms in total. The van der Waals surface area contributed by atoms with Crippen molar-refractivity contribution in [3.63, 3.8) is 0 Å². The van der Waals surface area contributed by atoms with Crippen molar-refractivity contribution in [1.82, 2.24) is 15.1 Å². The third-order valence-corrected chi connectivity index (χ3v) is 3.56. The molecular formula is C17H21N3. The van der Waals surface area contributed by atoms with Crippen LogP contribution in [0.5, 0.6) is 0 Å². The first-order chi connectivity index (χ1) is 9.57. The lowest BCUT2D eigenvalue weighted by atomic mass is 10.0.